The average molecular weight is 363 g/mol. The molecule has 23 heavy (non-hydrogen) atoms. The summed E-state index contributed by atoms with van der Waals surface area (Å²) in [4.78, 5) is 0.234. The maximum atomic E-state index is 12.1. The zero-order chi connectivity index (χ0) is 16.0. The smallest absolute Gasteiger partial charge is 0.240 e. The van der Waals surface area contributed by atoms with E-state index in [-0.39, 0.29) is 29.9 Å². The maximum absolute atomic E-state index is 12.1. The van der Waals surface area contributed by atoms with Gasteiger partial charge in [0.1, 0.15) is 5.75 Å². The molecule has 0 spiro atoms. The normalized spacial score (nSPS) is 17.3. The van der Waals surface area contributed by atoms with Crippen molar-refractivity contribution in [1.82, 2.24) is 4.72 Å². The molecule has 1 saturated carbocycles. The minimum absolute atomic E-state index is 0. The number of halogens is 1. The highest BCUT2D eigenvalue weighted by Gasteiger charge is 2.17. The Labute approximate surface area is 145 Å². The van der Waals surface area contributed by atoms with E-state index in [4.69, 9.17) is 10.5 Å². The van der Waals surface area contributed by atoms with Crippen LogP contribution in [0, 0.1) is 5.92 Å². The van der Waals surface area contributed by atoms with Gasteiger partial charge in [-0.25, -0.2) is 13.1 Å². The first-order valence-electron chi connectivity index (χ1n) is 7.96. The van der Waals surface area contributed by atoms with Crippen LogP contribution in [-0.2, 0) is 10.0 Å². The number of hydrogen-bond acceptors (Lipinski definition) is 4. The molecule has 1 atom stereocenters. The summed E-state index contributed by atoms with van der Waals surface area (Å²) in [5.74, 6) is 1.35. The van der Waals surface area contributed by atoms with Crippen LogP contribution >= 0.6 is 12.4 Å². The zero-order valence-electron chi connectivity index (χ0n) is 13.5. The largest absolute Gasteiger partial charge is 0.493 e. The highest BCUT2D eigenvalue weighted by atomic mass is 35.5. The van der Waals surface area contributed by atoms with Gasteiger partial charge in [-0.15, -0.1) is 12.4 Å². The van der Waals surface area contributed by atoms with Crippen molar-refractivity contribution in [3.8, 4) is 5.75 Å². The lowest BCUT2D eigenvalue weighted by Crippen LogP contribution is -2.37. The quantitative estimate of drug-likeness (QED) is 0.781. The van der Waals surface area contributed by atoms with Gasteiger partial charge in [-0.2, -0.15) is 0 Å². The number of rotatable bonds is 7. The molecule has 132 valence electrons. The summed E-state index contributed by atoms with van der Waals surface area (Å²) in [5.41, 5.74) is 5.44. The molecular formula is C16H27ClN2O3S. The first-order chi connectivity index (χ1) is 10.5. The Bertz CT molecular complexity index is 557. The third-order valence-corrected chi connectivity index (χ3v) is 5.66. The molecule has 5 nitrogen and oxygen atoms in total. The topological polar surface area (TPSA) is 81.4 Å². The summed E-state index contributed by atoms with van der Waals surface area (Å²) in [6, 6.07) is 6.28. The van der Waals surface area contributed by atoms with Crippen molar-refractivity contribution in [2.24, 2.45) is 11.7 Å². The van der Waals surface area contributed by atoms with E-state index in [0.29, 0.717) is 12.5 Å². The summed E-state index contributed by atoms with van der Waals surface area (Å²) < 4.78 is 32.5. The standard InChI is InChI=1S/C16H26N2O3S.ClH/c1-13(11-17)18-22(19,20)16-9-7-15(8-10-16)21-12-14-5-3-2-4-6-14;/h7-10,13-14,18H,2-6,11-12,17H2,1H3;1H/t13-;/m0./s1. The molecule has 0 saturated heterocycles. The Kier molecular flexibility index (Phi) is 8.33. The maximum Gasteiger partial charge on any atom is 0.240 e. The highest BCUT2D eigenvalue weighted by Crippen LogP contribution is 2.25. The fourth-order valence-corrected chi connectivity index (χ4v) is 3.92. The third-order valence-electron chi connectivity index (χ3n) is 4.05. The third kappa shape index (κ3) is 6.30. The van der Waals surface area contributed by atoms with E-state index in [1.165, 1.54) is 32.1 Å². The fourth-order valence-electron chi connectivity index (χ4n) is 2.66. The van der Waals surface area contributed by atoms with Crippen LogP contribution in [0.25, 0.3) is 0 Å². The molecule has 0 radical (unpaired) electrons. The van der Waals surface area contributed by atoms with Gasteiger partial charge in [-0.05, 0) is 49.9 Å². The lowest BCUT2D eigenvalue weighted by Gasteiger charge is -2.21. The molecule has 1 aliphatic carbocycles. The van der Waals surface area contributed by atoms with Crippen LogP contribution in [0.5, 0.6) is 5.75 Å². The van der Waals surface area contributed by atoms with Crippen LogP contribution in [0.2, 0.25) is 0 Å². The lowest BCUT2D eigenvalue weighted by molar-refractivity contribution is 0.209. The summed E-state index contributed by atoms with van der Waals surface area (Å²) >= 11 is 0. The van der Waals surface area contributed by atoms with Crippen molar-refractivity contribution in [3.63, 3.8) is 0 Å². The molecule has 0 aliphatic heterocycles. The molecule has 2 rings (SSSR count). The predicted octanol–water partition coefficient (Wildman–Crippen LogP) is 2.69. The molecule has 0 unspecified atom stereocenters. The Morgan fingerprint density at radius 3 is 2.39 bits per heavy atom. The number of nitrogens with one attached hydrogen (secondary N) is 1. The monoisotopic (exact) mass is 362 g/mol. The highest BCUT2D eigenvalue weighted by molar-refractivity contribution is 7.89. The van der Waals surface area contributed by atoms with Crippen LogP contribution in [0.15, 0.2) is 29.2 Å². The van der Waals surface area contributed by atoms with Crippen LogP contribution in [-0.4, -0.2) is 27.6 Å². The van der Waals surface area contributed by atoms with E-state index in [9.17, 15) is 8.42 Å². The van der Waals surface area contributed by atoms with Crippen LogP contribution in [0.4, 0.5) is 0 Å². The van der Waals surface area contributed by atoms with E-state index in [2.05, 4.69) is 4.72 Å². The van der Waals surface area contributed by atoms with Crippen molar-refractivity contribution in [2.75, 3.05) is 13.2 Å². The first kappa shape index (κ1) is 20.2. The van der Waals surface area contributed by atoms with Crippen molar-refractivity contribution >= 4 is 22.4 Å². The van der Waals surface area contributed by atoms with Crippen molar-refractivity contribution in [2.45, 2.75) is 50.0 Å². The van der Waals surface area contributed by atoms with Gasteiger partial charge < -0.3 is 10.5 Å². The Morgan fingerprint density at radius 1 is 1.22 bits per heavy atom. The van der Waals surface area contributed by atoms with Crippen molar-refractivity contribution < 1.29 is 13.2 Å². The molecule has 1 aromatic carbocycles. The number of hydrogen-bond donors (Lipinski definition) is 2. The lowest BCUT2D eigenvalue weighted by atomic mass is 9.90. The minimum atomic E-state index is -3.51. The second-order valence-corrected chi connectivity index (χ2v) is 7.76. The predicted molar refractivity (Wildman–Crippen MR) is 94.6 cm³/mol. The van der Waals surface area contributed by atoms with Gasteiger partial charge in [0.05, 0.1) is 11.5 Å². The first-order valence-corrected chi connectivity index (χ1v) is 9.45. The minimum Gasteiger partial charge on any atom is -0.493 e. The van der Waals surface area contributed by atoms with Gasteiger partial charge in [-0.3, -0.25) is 0 Å². The van der Waals surface area contributed by atoms with Crippen molar-refractivity contribution in [3.05, 3.63) is 24.3 Å². The van der Waals surface area contributed by atoms with E-state index in [0.717, 1.165) is 5.75 Å². The number of ether oxygens (including phenoxy) is 1. The Balaban J connectivity index is 0.00000264. The Hall–Kier alpha value is -0.820. The van der Waals surface area contributed by atoms with Gasteiger partial charge in [0.2, 0.25) is 10.0 Å². The van der Waals surface area contributed by atoms with Gasteiger partial charge in [-0.1, -0.05) is 19.3 Å². The fraction of sp³-hybridized carbons (Fsp3) is 0.625. The van der Waals surface area contributed by atoms with Gasteiger partial charge in [0, 0.05) is 12.6 Å². The summed E-state index contributed by atoms with van der Waals surface area (Å²) in [5, 5.41) is 0. The zero-order valence-corrected chi connectivity index (χ0v) is 15.2. The summed E-state index contributed by atoms with van der Waals surface area (Å²) in [6.07, 6.45) is 6.37. The molecule has 0 bridgehead atoms. The van der Waals surface area contributed by atoms with E-state index < -0.39 is 10.0 Å². The number of sulfonamides is 1. The molecule has 1 aliphatic rings. The molecule has 1 fully saturated rings. The molecular weight excluding hydrogens is 336 g/mol. The van der Waals surface area contributed by atoms with Crippen LogP contribution in [0.3, 0.4) is 0 Å². The molecule has 1 aromatic rings. The van der Waals surface area contributed by atoms with Gasteiger partial charge >= 0.3 is 0 Å². The average Bonchev–Trinajstić information content (AvgIpc) is 2.54. The van der Waals surface area contributed by atoms with Gasteiger partial charge in [0.15, 0.2) is 0 Å². The summed E-state index contributed by atoms with van der Waals surface area (Å²) in [7, 11) is -3.51. The molecule has 0 aromatic heterocycles. The molecule has 7 heteroatoms. The van der Waals surface area contributed by atoms with E-state index in [1.54, 1.807) is 31.2 Å². The van der Waals surface area contributed by atoms with E-state index >= 15 is 0 Å². The second kappa shape index (κ2) is 9.47. The van der Waals surface area contributed by atoms with Gasteiger partial charge in [0.25, 0.3) is 0 Å². The van der Waals surface area contributed by atoms with Crippen molar-refractivity contribution in [1.29, 1.82) is 0 Å². The SMILES string of the molecule is C[C@@H](CN)NS(=O)(=O)c1ccc(OCC2CCCCC2)cc1.Cl. The second-order valence-electron chi connectivity index (χ2n) is 6.04. The number of benzene rings is 1. The molecule has 0 amide bonds. The molecule has 0 heterocycles. The number of nitrogens with two attached hydrogens (primary N) is 1. The Morgan fingerprint density at radius 2 is 1.83 bits per heavy atom. The van der Waals surface area contributed by atoms with E-state index in [1.807, 2.05) is 0 Å². The van der Waals surface area contributed by atoms with Crippen LogP contribution in [0.1, 0.15) is 39.0 Å². The van der Waals surface area contributed by atoms with Crippen LogP contribution < -0.4 is 15.2 Å². The summed E-state index contributed by atoms with van der Waals surface area (Å²) in [6.45, 7) is 2.72. The molecule has 3 N–H and O–H groups in total.